The average Bonchev–Trinajstić information content (AvgIpc) is 2.61. The monoisotopic (exact) mass is 297 g/mol. The summed E-state index contributed by atoms with van der Waals surface area (Å²) < 4.78 is 0. The fourth-order valence-corrected chi connectivity index (χ4v) is 2.59. The van der Waals surface area contributed by atoms with Crippen molar-refractivity contribution in [2.75, 3.05) is 5.43 Å². The molecule has 3 aromatic carbocycles. The van der Waals surface area contributed by atoms with E-state index in [9.17, 15) is 0 Å². The molecule has 4 aromatic rings. The number of aromatic nitrogens is 1. The van der Waals surface area contributed by atoms with Crippen LogP contribution in [0.25, 0.3) is 21.7 Å². The van der Waals surface area contributed by atoms with Crippen molar-refractivity contribution in [2.45, 2.75) is 0 Å². The lowest BCUT2D eigenvalue weighted by atomic mass is 10.1. The third kappa shape index (κ3) is 2.90. The lowest BCUT2D eigenvalue weighted by Gasteiger charge is -2.02. The molecule has 0 saturated heterocycles. The van der Waals surface area contributed by atoms with Crippen LogP contribution in [0, 0.1) is 0 Å². The molecule has 0 unspecified atom stereocenters. The minimum absolute atomic E-state index is 0.737. The summed E-state index contributed by atoms with van der Waals surface area (Å²) in [4.78, 5) is 4.53. The zero-order valence-electron chi connectivity index (χ0n) is 12.5. The van der Waals surface area contributed by atoms with Crippen LogP contribution < -0.4 is 5.43 Å². The van der Waals surface area contributed by atoms with Crippen molar-refractivity contribution < 1.29 is 0 Å². The second kappa shape index (κ2) is 5.89. The first-order valence-corrected chi connectivity index (χ1v) is 7.52. The van der Waals surface area contributed by atoms with Gasteiger partial charge in [-0.1, -0.05) is 54.6 Å². The number of nitrogens with one attached hydrogen (secondary N) is 1. The molecule has 3 heteroatoms. The lowest BCUT2D eigenvalue weighted by molar-refractivity contribution is 1.26. The summed E-state index contributed by atoms with van der Waals surface area (Å²) in [5.74, 6) is 0.737. The zero-order valence-corrected chi connectivity index (χ0v) is 12.5. The molecule has 110 valence electrons. The molecule has 4 rings (SSSR count). The second-order valence-electron chi connectivity index (χ2n) is 5.37. The predicted octanol–water partition coefficient (Wildman–Crippen LogP) is 4.83. The summed E-state index contributed by atoms with van der Waals surface area (Å²) >= 11 is 0. The minimum Gasteiger partial charge on any atom is -0.261 e. The first kappa shape index (κ1) is 13.5. The number of pyridine rings is 1. The molecule has 0 bridgehead atoms. The molecule has 23 heavy (non-hydrogen) atoms. The molecule has 0 amide bonds. The maximum Gasteiger partial charge on any atom is 0.146 e. The molecule has 3 nitrogen and oxygen atoms in total. The molecule has 1 N–H and O–H groups in total. The van der Waals surface area contributed by atoms with Crippen LogP contribution in [0.5, 0.6) is 0 Å². The third-order valence-electron chi connectivity index (χ3n) is 3.76. The van der Waals surface area contributed by atoms with E-state index in [1.54, 1.807) is 0 Å². The Bertz CT molecular complexity index is 1010. The van der Waals surface area contributed by atoms with Gasteiger partial charge < -0.3 is 0 Å². The number of rotatable bonds is 3. The molecule has 1 aromatic heterocycles. The molecule has 0 saturated carbocycles. The van der Waals surface area contributed by atoms with Crippen molar-refractivity contribution in [2.24, 2.45) is 5.10 Å². The van der Waals surface area contributed by atoms with E-state index < -0.39 is 0 Å². The van der Waals surface area contributed by atoms with Crippen LogP contribution in [0.3, 0.4) is 0 Å². The van der Waals surface area contributed by atoms with Gasteiger partial charge in [-0.15, -0.1) is 0 Å². The second-order valence-corrected chi connectivity index (χ2v) is 5.37. The SMILES string of the molecule is C(=N/Nc1ccc2ccccc2n1)/c1ccc2ccccc2c1. The van der Waals surface area contributed by atoms with Crippen molar-refractivity contribution in [3.05, 3.63) is 84.4 Å². The van der Waals surface area contributed by atoms with Gasteiger partial charge in [-0.25, -0.2) is 4.98 Å². The van der Waals surface area contributed by atoms with Crippen LogP contribution in [0.1, 0.15) is 5.56 Å². The number of nitrogens with zero attached hydrogens (tertiary/aromatic N) is 2. The smallest absolute Gasteiger partial charge is 0.146 e. The Morgan fingerprint density at radius 2 is 1.48 bits per heavy atom. The van der Waals surface area contributed by atoms with Gasteiger partial charge in [0.15, 0.2) is 0 Å². The van der Waals surface area contributed by atoms with Gasteiger partial charge in [0.25, 0.3) is 0 Å². The van der Waals surface area contributed by atoms with Gasteiger partial charge in [-0.3, -0.25) is 5.43 Å². The summed E-state index contributed by atoms with van der Waals surface area (Å²) in [7, 11) is 0. The van der Waals surface area contributed by atoms with Crippen LogP contribution in [0.2, 0.25) is 0 Å². The topological polar surface area (TPSA) is 37.3 Å². The van der Waals surface area contributed by atoms with Gasteiger partial charge in [-0.05, 0) is 40.6 Å². The Hall–Kier alpha value is -3.20. The van der Waals surface area contributed by atoms with E-state index >= 15 is 0 Å². The number of hydrazone groups is 1. The van der Waals surface area contributed by atoms with Gasteiger partial charge in [0.05, 0.1) is 11.7 Å². The largest absolute Gasteiger partial charge is 0.261 e. The lowest BCUT2D eigenvalue weighted by Crippen LogP contribution is -1.93. The van der Waals surface area contributed by atoms with E-state index in [2.05, 4.69) is 45.8 Å². The fraction of sp³-hybridized carbons (Fsp3) is 0. The minimum atomic E-state index is 0.737. The number of hydrogen-bond acceptors (Lipinski definition) is 3. The Balaban J connectivity index is 1.55. The molecule has 0 aliphatic rings. The summed E-state index contributed by atoms with van der Waals surface area (Å²) in [6.45, 7) is 0. The molecule has 0 spiro atoms. The Labute approximate surface area is 134 Å². The van der Waals surface area contributed by atoms with Crippen LogP contribution in [0.15, 0.2) is 84.0 Å². The Morgan fingerprint density at radius 1 is 0.739 bits per heavy atom. The molecule has 1 heterocycles. The van der Waals surface area contributed by atoms with Crippen molar-refractivity contribution in [1.29, 1.82) is 0 Å². The fourth-order valence-electron chi connectivity index (χ4n) is 2.59. The first-order valence-electron chi connectivity index (χ1n) is 7.52. The van der Waals surface area contributed by atoms with Crippen LogP contribution in [-0.4, -0.2) is 11.2 Å². The highest BCUT2D eigenvalue weighted by Gasteiger charge is 1.96. The number of para-hydroxylation sites is 1. The van der Waals surface area contributed by atoms with Crippen molar-refractivity contribution in [3.63, 3.8) is 0 Å². The van der Waals surface area contributed by atoms with E-state index in [0.717, 1.165) is 22.3 Å². The summed E-state index contributed by atoms with van der Waals surface area (Å²) in [5, 5.41) is 7.85. The first-order chi connectivity index (χ1) is 11.4. The van der Waals surface area contributed by atoms with Crippen molar-refractivity contribution >= 4 is 33.7 Å². The van der Waals surface area contributed by atoms with Crippen LogP contribution >= 0.6 is 0 Å². The van der Waals surface area contributed by atoms with Crippen LogP contribution in [0.4, 0.5) is 5.82 Å². The number of fused-ring (bicyclic) bond motifs is 2. The van der Waals surface area contributed by atoms with Gasteiger partial charge in [-0.2, -0.15) is 5.10 Å². The van der Waals surface area contributed by atoms with Gasteiger partial charge >= 0.3 is 0 Å². The quantitative estimate of drug-likeness (QED) is 0.434. The summed E-state index contributed by atoms with van der Waals surface area (Å²) in [5.41, 5.74) is 5.00. The standard InChI is InChI=1S/C20H15N3/c1-2-7-18-13-15(9-10-16(18)5-1)14-21-23-20-12-11-17-6-3-4-8-19(17)22-20/h1-14H,(H,22,23)/b21-14-. The summed E-state index contributed by atoms with van der Waals surface area (Å²) in [6, 6.07) is 26.6. The molecule has 0 aliphatic carbocycles. The molecule has 0 fully saturated rings. The van der Waals surface area contributed by atoms with E-state index in [0.29, 0.717) is 0 Å². The highest BCUT2D eigenvalue weighted by molar-refractivity contribution is 5.90. The van der Waals surface area contributed by atoms with Crippen LogP contribution in [-0.2, 0) is 0 Å². The summed E-state index contributed by atoms with van der Waals surface area (Å²) in [6.07, 6.45) is 1.81. The zero-order chi connectivity index (χ0) is 15.5. The van der Waals surface area contributed by atoms with Gasteiger partial charge in [0.1, 0.15) is 5.82 Å². The maximum atomic E-state index is 4.53. The van der Waals surface area contributed by atoms with E-state index in [1.165, 1.54) is 10.8 Å². The number of hydrogen-bond donors (Lipinski definition) is 1. The van der Waals surface area contributed by atoms with E-state index in [4.69, 9.17) is 0 Å². The molecule has 0 atom stereocenters. The van der Waals surface area contributed by atoms with Gasteiger partial charge in [0.2, 0.25) is 0 Å². The number of benzene rings is 3. The Kier molecular flexibility index (Phi) is 3.45. The van der Waals surface area contributed by atoms with Crippen molar-refractivity contribution in [1.82, 2.24) is 4.98 Å². The highest BCUT2D eigenvalue weighted by Crippen LogP contribution is 2.16. The van der Waals surface area contributed by atoms with Crippen molar-refractivity contribution in [3.8, 4) is 0 Å². The molecular weight excluding hydrogens is 282 g/mol. The maximum absolute atomic E-state index is 4.53. The van der Waals surface area contributed by atoms with Gasteiger partial charge in [0, 0.05) is 5.39 Å². The Morgan fingerprint density at radius 3 is 2.39 bits per heavy atom. The van der Waals surface area contributed by atoms with E-state index in [1.807, 2.05) is 54.7 Å². The normalized spacial score (nSPS) is 11.3. The molecular formula is C20H15N3. The van der Waals surface area contributed by atoms with E-state index in [-0.39, 0.29) is 0 Å². The molecule has 0 radical (unpaired) electrons. The molecule has 0 aliphatic heterocycles. The third-order valence-corrected chi connectivity index (χ3v) is 3.76. The number of anilines is 1. The predicted molar refractivity (Wildman–Crippen MR) is 96.9 cm³/mol. The average molecular weight is 297 g/mol. The highest BCUT2D eigenvalue weighted by atomic mass is 15.3.